The summed E-state index contributed by atoms with van der Waals surface area (Å²) in [6.45, 7) is 0. The van der Waals surface area contributed by atoms with Gasteiger partial charge >= 0.3 is 0 Å². The monoisotopic (exact) mass is 370 g/mol. The molecular weight excluding hydrogens is 356 g/mol. The first-order valence-corrected chi connectivity index (χ1v) is 9.19. The number of benzene rings is 3. The largest absolute Gasteiger partial charge is 0.309 e. The fourth-order valence-electron chi connectivity index (χ4n) is 3.90. The highest BCUT2D eigenvalue weighted by Crippen LogP contribution is 2.36. The predicted octanol–water partition coefficient (Wildman–Crippen LogP) is 5.59. The molecule has 0 N–H and O–H groups in total. The molecule has 0 atom stereocenters. The second-order valence-electron chi connectivity index (χ2n) is 6.75. The van der Waals surface area contributed by atoms with E-state index >= 15 is 0 Å². The Kier molecular flexibility index (Phi) is 3.83. The number of hydrogen-bond acceptors (Lipinski definition) is 3. The van der Waals surface area contributed by atoms with Crippen LogP contribution in [-0.2, 0) is 0 Å². The second kappa shape index (κ2) is 6.64. The van der Waals surface area contributed by atoms with Gasteiger partial charge in [0.15, 0.2) is 0 Å². The Morgan fingerprint density at radius 2 is 1.52 bits per heavy atom. The van der Waals surface area contributed by atoms with Crippen LogP contribution < -0.4 is 0 Å². The van der Waals surface area contributed by atoms with E-state index in [0.717, 1.165) is 38.6 Å². The van der Waals surface area contributed by atoms with Crippen LogP contribution in [0.3, 0.4) is 0 Å². The smallest absolute Gasteiger partial charge is 0.0999 e. The molecule has 3 aromatic carbocycles. The van der Waals surface area contributed by atoms with Gasteiger partial charge in [-0.15, -0.1) is 0 Å². The topological polar surface area (TPSA) is 65.4 Å². The molecule has 5 rings (SSSR count). The molecule has 0 saturated carbocycles. The Hall–Kier alpha value is -4.41. The molecule has 0 unspecified atom stereocenters. The second-order valence-corrected chi connectivity index (χ2v) is 6.75. The van der Waals surface area contributed by atoms with E-state index in [1.807, 2.05) is 54.6 Å². The van der Waals surface area contributed by atoms with Crippen molar-refractivity contribution < 1.29 is 0 Å². The normalized spacial score (nSPS) is 10.7. The van der Waals surface area contributed by atoms with Crippen molar-refractivity contribution in [2.75, 3.05) is 0 Å². The maximum Gasteiger partial charge on any atom is 0.0999 e. The van der Waals surface area contributed by atoms with Crippen molar-refractivity contribution in [1.29, 1.82) is 10.5 Å². The van der Waals surface area contributed by atoms with Crippen molar-refractivity contribution in [3.8, 4) is 29.0 Å². The fourth-order valence-corrected chi connectivity index (χ4v) is 3.90. The van der Waals surface area contributed by atoms with Gasteiger partial charge in [0.25, 0.3) is 0 Å². The molecule has 0 saturated heterocycles. The molecular formula is C25H14N4. The van der Waals surface area contributed by atoms with E-state index in [4.69, 9.17) is 0 Å². The zero-order valence-electron chi connectivity index (χ0n) is 15.4. The van der Waals surface area contributed by atoms with Crippen molar-refractivity contribution >= 4 is 21.8 Å². The van der Waals surface area contributed by atoms with Gasteiger partial charge in [-0.05, 0) is 36.4 Å². The molecule has 4 heteroatoms. The Morgan fingerprint density at radius 1 is 0.724 bits per heavy atom. The van der Waals surface area contributed by atoms with Crippen LogP contribution in [0.2, 0.25) is 0 Å². The lowest BCUT2D eigenvalue weighted by Gasteiger charge is -2.14. The third kappa shape index (κ3) is 2.56. The first kappa shape index (κ1) is 16.7. The molecule has 0 aliphatic heterocycles. The van der Waals surface area contributed by atoms with Crippen molar-refractivity contribution in [2.24, 2.45) is 0 Å². The molecule has 134 valence electrons. The van der Waals surface area contributed by atoms with Gasteiger partial charge in [-0.2, -0.15) is 10.5 Å². The van der Waals surface area contributed by atoms with Gasteiger partial charge in [-0.25, -0.2) is 0 Å². The number of hydrogen-bond donors (Lipinski definition) is 0. The summed E-state index contributed by atoms with van der Waals surface area (Å²) in [5, 5.41) is 21.0. The van der Waals surface area contributed by atoms with Crippen molar-refractivity contribution in [1.82, 2.24) is 9.55 Å². The number of pyridine rings is 1. The molecule has 0 radical (unpaired) electrons. The highest BCUT2D eigenvalue weighted by molar-refractivity contribution is 6.10. The summed E-state index contributed by atoms with van der Waals surface area (Å²) in [5.41, 5.74) is 5.97. The highest BCUT2D eigenvalue weighted by atomic mass is 15.0. The maximum atomic E-state index is 9.59. The molecule has 29 heavy (non-hydrogen) atoms. The Bertz CT molecular complexity index is 1480. The number of nitriles is 2. The zero-order chi connectivity index (χ0) is 19.8. The highest BCUT2D eigenvalue weighted by Gasteiger charge is 2.17. The van der Waals surface area contributed by atoms with Crippen molar-refractivity contribution in [3.05, 3.63) is 96.3 Å². The number of nitrogens with zero attached hydrogens (tertiary/aromatic N) is 4. The summed E-state index contributed by atoms with van der Waals surface area (Å²) >= 11 is 0. The lowest BCUT2D eigenvalue weighted by Crippen LogP contribution is -1.98. The molecule has 2 aromatic heterocycles. The summed E-state index contributed by atoms with van der Waals surface area (Å²) in [4.78, 5) is 4.24. The van der Waals surface area contributed by atoms with Crippen molar-refractivity contribution in [3.63, 3.8) is 0 Å². The molecule has 0 amide bonds. The Labute approximate surface area is 167 Å². The number of aromatic nitrogens is 2. The minimum absolute atomic E-state index is 0.583. The third-order valence-corrected chi connectivity index (χ3v) is 5.18. The van der Waals surface area contributed by atoms with Crippen LogP contribution in [0.5, 0.6) is 0 Å². The van der Waals surface area contributed by atoms with Gasteiger partial charge < -0.3 is 4.57 Å². The molecule has 0 fully saturated rings. The van der Waals surface area contributed by atoms with Gasteiger partial charge in [0.1, 0.15) is 0 Å². The molecule has 0 aliphatic rings. The van der Waals surface area contributed by atoms with Crippen molar-refractivity contribution in [2.45, 2.75) is 0 Å². The van der Waals surface area contributed by atoms with Gasteiger partial charge in [0, 0.05) is 34.3 Å². The zero-order valence-corrected chi connectivity index (χ0v) is 15.4. The minimum Gasteiger partial charge on any atom is -0.309 e. The predicted molar refractivity (Wildman–Crippen MR) is 113 cm³/mol. The summed E-state index contributed by atoms with van der Waals surface area (Å²) in [6.07, 6.45) is 3.37. The Morgan fingerprint density at radius 3 is 2.38 bits per heavy atom. The van der Waals surface area contributed by atoms with E-state index in [-0.39, 0.29) is 0 Å². The van der Waals surface area contributed by atoms with Crippen LogP contribution >= 0.6 is 0 Å². The van der Waals surface area contributed by atoms with Crippen LogP contribution in [0.15, 0.2) is 85.2 Å². The van der Waals surface area contributed by atoms with E-state index in [0.29, 0.717) is 11.1 Å². The number of para-hydroxylation sites is 2. The number of rotatable bonds is 2. The van der Waals surface area contributed by atoms with E-state index in [9.17, 15) is 10.5 Å². The summed E-state index contributed by atoms with van der Waals surface area (Å²) in [7, 11) is 0. The molecule has 0 bridgehead atoms. The van der Waals surface area contributed by atoms with Crippen LogP contribution in [-0.4, -0.2) is 9.55 Å². The van der Waals surface area contributed by atoms with E-state index in [2.05, 4.69) is 33.8 Å². The van der Waals surface area contributed by atoms with E-state index in [1.165, 1.54) is 0 Å². The molecule has 0 spiro atoms. The minimum atomic E-state index is 0.583. The van der Waals surface area contributed by atoms with Crippen LogP contribution in [0.25, 0.3) is 38.6 Å². The average Bonchev–Trinajstić information content (AvgIpc) is 3.12. The lowest BCUT2D eigenvalue weighted by molar-refractivity contribution is 1.18. The van der Waals surface area contributed by atoms with Gasteiger partial charge in [-0.3, -0.25) is 4.98 Å². The SMILES string of the molecule is N#Cc1ccc2c(c1)c1ccccc1n2-c1ccccc1-c1cnccc1C#N. The van der Waals surface area contributed by atoms with Gasteiger partial charge in [-0.1, -0.05) is 36.4 Å². The van der Waals surface area contributed by atoms with E-state index in [1.54, 1.807) is 18.5 Å². The van der Waals surface area contributed by atoms with Crippen LogP contribution in [0.1, 0.15) is 11.1 Å². The van der Waals surface area contributed by atoms with Crippen LogP contribution in [0.4, 0.5) is 0 Å². The first-order chi connectivity index (χ1) is 14.3. The molecule has 2 heterocycles. The number of fused-ring (bicyclic) bond motifs is 3. The summed E-state index contributed by atoms with van der Waals surface area (Å²) in [5.74, 6) is 0. The van der Waals surface area contributed by atoms with Crippen LogP contribution in [0, 0.1) is 22.7 Å². The van der Waals surface area contributed by atoms with E-state index < -0.39 is 0 Å². The summed E-state index contributed by atoms with van der Waals surface area (Å²) < 4.78 is 2.19. The van der Waals surface area contributed by atoms with Gasteiger partial charge in [0.05, 0.1) is 40.0 Å². The quantitative estimate of drug-likeness (QED) is 0.407. The standard InChI is InChI=1S/C25H14N4/c26-14-17-9-10-25-21(13-17)19-5-1-3-7-23(19)29(25)24-8-4-2-6-20(24)22-16-28-12-11-18(22)15-27/h1-13,16H. The average molecular weight is 370 g/mol. The molecule has 4 nitrogen and oxygen atoms in total. The third-order valence-electron chi connectivity index (χ3n) is 5.18. The fraction of sp³-hybridized carbons (Fsp3) is 0. The first-order valence-electron chi connectivity index (χ1n) is 9.19. The summed E-state index contributed by atoms with van der Waals surface area (Å²) in [6, 6.07) is 28.2. The maximum absolute atomic E-state index is 9.59. The molecule has 5 aromatic rings. The lowest BCUT2D eigenvalue weighted by atomic mass is 10.0. The molecule has 0 aliphatic carbocycles. The Balaban J connectivity index is 1.91. The van der Waals surface area contributed by atoms with Gasteiger partial charge in [0.2, 0.25) is 0 Å².